The maximum atomic E-state index is 5.98. The van der Waals surface area contributed by atoms with Crippen molar-refractivity contribution in [3.63, 3.8) is 0 Å². The van der Waals surface area contributed by atoms with E-state index in [1.54, 1.807) is 20.3 Å². The molecular weight excluding hydrogens is 320 g/mol. The van der Waals surface area contributed by atoms with Gasteiger partial charge in [0, 0.05) is 17.4 Å². The van der Waals surface area contributed by atoms with Crippen molar-refractivity contribution in [1.82, 2.24) is 4.98 Å². The number of nitrogens with zero attached hydrogens (tertiary/aromatic N) is 3. The molecule has 25 heavy (non-hydrogen) atoms. The van der Waals surface area contributed by atoms with E-state index in [2.05, 4.69) is 15.3 Å². The number of hydrazine groups is 1. The van der Waals surface area contributed by atoms with Crippen molar-refractivity contribution >= 4 is 17.5 Å². The Kier molecular flexibility index (Phi) is 6.02. The van der Waals surface area contributed by atoms with Gasteiger partial charge in [0.15, 0.2) is 11.5 Å². The van der Waals surface area contributed by atoms with Gasteiger partial charge in [-0.25, -0.2) is 20.8 Å². The highest BCUT2D eigenvalue weighted by atomic mass is 16.5. The number of hydrogen-bond donors (Lipinski definition) is 3. The molecule has 0 bridgehead atoms. The fraction of sp³-hybridized carbons (Fsp3) is 0.294. The number of aryl methyl sites for hydroxylation is 1. The van der Waals surface area contributed by atoms with Gasteiger partial charge in [-0.3, -0.25) is 0 Å². The standard InChI is InChI=1S/C17H24N6O2/c1-11-6-5-7-16(20-11)23(19)17(18)22-12(2)21-13-8-9-14(24-3)15(10-13)25-4/h5-10,12,21H,19H2,1-4H3,(H2,18,22)/t12-/m1/s1. The quantitative estimate of drug-likeness (QED) is 0.317. The first-order chi connectivity index (χ1) is 11.9. The summed E-state index contributed by atoms with van der Waals surface area (Å²) in [5, 5.41) is 4.46. The van der Waals surface area contributed by atoms with Crippen LogP contribution in [0, 0.1) is 6.92 Å². The van der Waals surface area contributed by atoms with Crippen molar-refractivity contribution in [2.45, 2.75) is 20.0 Å². The highest BCUT2D eigenvalue weighted by Gasteiger charge is 2.10. The van der Waals surface area contributed by atoms with Crippen molar-refractivity contribution in [2.75, 3.05) is 24.5 Å². The van der Waals surface area contributed by atoms with Crippen LogP contribution < -0.4 is 31.4 Å². The Morgan fingerprint density at radius 3 is 2.56 bits per heavy atom. The highest BCUT2D eigenvalue weighted by Crippen LogP contribution is 2.30. The summed E-state index contributed by atoms with van der Waals surface area (Å²) >= 11 is 0. The van der Waals surface area contributed by atoms with E-state index in [9.17, 15) is 0 Å². The van der Waals surface area contributed by atoms with Gasteiger partial charge in [0.2, 0.25) is 5.96 Å². The molecule has 0 spiro atoms. The molecule has 0 fully saturated rings. The van der Waals surface area contributed by atoms with Gasteiger partial charge >= 0.3 is 0 Å². The molecule has 0 amide bonds. The third-order valence-corrected chi connectivity index (χ3v) is 3.45. The van der Waals surface area contributed by atoms with Gasteiger partial charge in [0.1, 0.15) is 12.0 Å². The van der Waals surface area contributed by atoms with E-state index in [1.807, 2.05) is 44.2 Å². The fourth-order valence-electron chi connectivity index (χ4n) is 2.24. The molecule has 2 rings (SSSR count). The average Bonchev–Trinajstić information content (AvgIpc) is 2.60. The zero-order valence-corrected chi connectivity index (χ0v) is 14.9. The lowest BCUT2D eigenvalue weighted by molar-refractivity contribution is 0.355. The largest absolute Gasteiger partial charge is 0.493 e. The molecule has 0 saturated carbocycles. The zero-order chi connectivity index (χ0) is 18.4. The van der Waals surface area contributed by atoms with Crippen molar-refractivity contribution in [2.24, 2.45) is 16.6 Å². The van der Waals surface area contributed by atoms with Crippen LogP contribution in [0.5, 0.6) is 11.5 Å². The molecule has 0 aliphatic rings. The minimum atomic E-state index is -0.311. The molecular formula is C17H24N6O2. The number of benzene rings is 1. The summed E-state index contributed by atoms with van der Waals surface area (Å²) in [5.41, 5.74) is 7.64. The van der Waals surface area contributed by atoms with E-state index in [4.69, 9.17) is 21.1 Å². The summed E-state index contributed by atoms with van der Waals surface area (Å²) in [5.74, 6) is 7.94. The van der Waals surface area contributed by atoms with Crippen LogP contribution in [0.2, 0.25) is 0 Å². The molecule has 1 aromatic heterocycles. The van der Waals surface area contributed by atoms with Crippen molar-refractivity contribution in [3.05, 3.63) is 42.1 Å². The second kappa shape index (κ2) is 8.20. The predicted octanol–water partition coefficient (Wildman–Crippen LogP) is 1.86. The van der Waals surface area contributed by atoms with E-state index in [-0.39, 0.29) is 12.1 Å². The Morgan fingerprint density at radius 1 is 1.20 bits per heavy atom. The Balaban J connectivity index is 2.10. The van der Waals surface area contributed by atoms with Crippen LogP contribution in [0.1, 0.15) is 12.6 Å². The number of rotatable bonds is 6. The summed E-state index contributed by atoms with van der Waals surface area (Å²) in [4.78, 5) is 8.66. The van der Waals surface area contributed by atoms with Crippen molar-refractivity contribution in [1.29, 1.82) is 0 Å². The van der Waals surface area contributed by atoms with Gasteiger partial charge < -0.3 is 20.5 Å². The van der Waals surface area contributed by atoms with Crippen molar-refractivity contribution in [3.8, 4) is 11.5 Å². The van der Waals surface area contributed by atoms with Gasteiger partial charge in [0.25, 0.3) is 0 Å². The molecule has 5 N–H and O–H groups in total. The first-order valence-electron chi connectivity index (χ1n) is 7.75. The number of ether oxygens (including phenoxy) is 2. The van der Waals surface area contributed by atoms with Crippen LogP contribution in [0.4, 0.5) is 11.5 Å². The number of nitrogens with one attached hydrogen (secondary N) is 1. The SMILES string of the molecule is COc1ccc(N[C@@H](C)N=C(N)N(N)c2cccc(C)n2)cc1OC. The van der Waals surface area contributed by atoms with E-state index in [0.29, 0.717) is 17.3 Å². The first kappa shape index (κ1) is 18.3. The molecule has 0 aliphatic heterocycles. The molecule has 1 heterocycles. The topological polar surface area (TPSA) is 111 Å². The van der Waals surface area contributed by atoms with Gasteiger partial charge in [-0.05, 0) is 38.1 Å². The van der Waals surface area contributed by atoms with Gasteiger partial charge in [0.05, 0.1) is 14.2 Å². The first-order valence-corrected chi connectivity index (χ1v) is 7.75. The molecule has 8 heteroatoms. The van der Waals surface area contributed by atoms with Crippen LogP contribution in [0.3, 0.4) is 0 Å². The summed E-state index contributed by atoms with van der Waals surface area (Å²) in [7, 11) is 3.18. The predicted molar refractivity (Wildman–Crippen MR) is 99.9 cm³/mol. The molecule has 8 nitrogen and oxygen atoms in total. The van der Waals surface area contributed by atoms with Gasteiger partial charge in [-0.2, -0.15) is 0 Å². The number of guanidine groups is 1. The lowest BCUT2D eigenvalue weighted by atomic mass is 10.2. The Labute approximate surface area is 147 Å². The molecule has 0 aliphatic carbocycles. The van der Waals surface area contributed by atoms with Crippen LogP contribution in [-0.4, -0.2) is 31.3 Å². The number of nitrogens with two attached hydrogens (primary N) is 2. The molecule has 2 aromatic rings. The normalized spacial score (nSPS) is 12.4. The van der Waals surface area contributed by atoms with Gasteiger partial charge in [-0.15, -0.1) is 0 Å². The minimum Gasteiger partial charge on any atom is -0.493 e. The van der Waals surface area contributed by atoms with E-state index >= 15 is 0 Å². The van der Waals surface area contributed by atoms with Crippen LogP contribution in [-0.2, 0) is 0 Å². The fourth-order valence-corrected chi connectivity index (χ4v) is 2.24. The smallest absolute Gasteiger partial charge is 0.214 e. The second-order valence-corrected chi connectivity index (χ2v) is 5.38. The third-order valence-electron chi connectivity index (χ3n) is 3.45. The Bertz CT molecular complexity index is 750. The lowest BCUT2D eigenvalue weighted by Gasteiger charge is -2.19. The number of anilines is 2. The summed E-state index contributed by atoms with van der Waals surface area (Å²) in [6.07, 6.45) is -0.311. The van der Waals surface area contributed by atoms with Gasteiger partial charge in [-0.1, -0.05) is 6.07 Å². The zero-order valence-electron chi connectivity index (χ0n) is 14.9. The van der Waals surface area contributed by atoms with E-state index < -0.39 is 0 Å². The Hall–Kier alpha value is -3.00. The third kappa shape index (κ3) is 4.74. The second-order valence-electron chi connectivity index (χ2n) is 5.38. The maximum absolute atomic E-state index is 5.98. The average molecular weight is 344 g/mol. The molecule has 0 saturated heterocycles. The monoisotopic (exact) mass is 344 g/mol. The number of methoxy groups -OCH3 is 2. The summed E-state index contributed by atoms with van der Waals surface area (Å²) < 4.78 is 10.5. The molecule has 0 unspecified atom stereocenters. The number of aromatic nitrogens is 1. The van der Waals surface area contributed by atoms with E-state index in [0.717, 1.165) is 11.4 Å². The lowest BCUT2D eigenvalue weighted by Crippen LogP contribution is -2.44. The molecule has 0 radical (unpaired) electrons. The number of hydrogen-bond acceptors (Lipinski definition) is 6. The van der Waals surface area contributed by atoms with Crippen LogP contribution in [0.25, 0.3) is 0 Å². The Morgan fingerprint density at radius 2 is 1.92 bits per heavy atom. The number of pyridine rings is 1. The van der Waals surface area contributed by atoms with Crippen LogP contribution >= 0.6 is 0 Å². The highest BCUT2D eigenvalue weighted by molar-refractivity contribution is 5.92. The minimum absolute atomic E-state index is 0.151. The number of aliphatic imine (C=N–C) groups is 1. The molecule has 1 atom stereocenters. The van der Waals surface area contributed by atoms with E-state index in [1.165, 1.54) is 5.01 Å². The maximum Gasteiger partial charge on any atom is 0.214 e. The van der Waals surface area contributed by atoms with Crippen LogP contribution in [0.15, 0.2) is 41.4 Å². The molecule has 134 valence electrons. The van der Waals surface area contributed by atoms with Crippen molar-refractivity contribution < 1.29 is 9.47 Å². The summed E-state index contributed by atoms with van der Waals surface area (Å²) in [6.45, 7) is 3.74. The summed E-state index contributed by atoms with van der Waals surface area (Å²) in [6, 6.07) is 11.0. The molecule has 1 aromatic carbocycles.